The second-order valence-corrected chi connectivity index (χ2v) is 9.67. The standard InChI is InChI=1S/C21H32N4O5S/c1-4-23(5-2)9-8-22-21(27)20-15-17-14-18(6-7-19(17)25(20)16(3)26)31(28,29)24-10-12-30-13-11-24/h6-7,14,20H,4-5,8-13,15H2,1-3H3,(H,22,27)/t20-/m0/s1. The molecule has 2 amide bonds. The number of anilines is 1. The van der Waals surface area contributed by atoms with Gasteiger partial charge < -0.3 is 15.0 Å². The maximum Gasteiger partial charge on any atom is 0.243 e. The minimum atomic E-state index is -3.64. The third-order valence-corrected chi connectivity index (χ3v) is 7.80. The molecular formula is C21H32N4O5S. The first-order valence-corrected chi connectivity index (χ1v) is 12.2. The van der Waals surface area contributed by atoms with E-state index in [-0.39, 0.29) is 16.7 Å². The molecule has 1 aromatic carbocycles. The summed E-state index contributed by atoms with van der Waals surface area (Å²) in [5.74, 6) is -0.470. The first kappa shape index (κ1) is 23.6. The molecule has 2 aliphatic heterocycles. The number of nitrogens with zero attached hydrogens (tertiary/aromatic N) is 3. The molecule has 172 valence electrons. The number of amides is 2. The molecule has 0 bridgehead atoms. The molecule has 1 aromatic rings. The summed E-state index contributed by atoms with van der Waals surface area (Å²) >= 11 is 0. The molecule has 0 aromatic heterocycles. The second-order valence-electron chi connectivity index (χ2n) is 7.73. The summed E-state index contributed by atoms with van der Waals surface area (Å²) in [7, 11) is -3.64. The molecule has 0 unspecified atom stereocenters. The Morgan fingerprint density at radius 2 is 1.87 bits per heavy atom. The third-order valence-electron chi connectivity index (χ3n) is 5.91. The molecule has 1 atom stereocenters. The van der Waals surface area contributed by atoms with Crippen LogP contribution in [0, 0.1) is 0 Å². The molecule has 31 heavy (non-hydrogen) atoms. The van der Waals surface area contributed by atoms with Gasteiger partial charge >= 0.3 is 0 Å². The molecule has 10 heteroatoms. The minimum Gasteiger partial charge on any atom is -0.379 e. The molecule has 0 saturated carbocycles. The highest BCUT2D eigenvalue weighted by molar-refractivity contribution is 7.89. The van der Waals surface area contributed by atoms with Gasteiger partial charge in [0, 0.05) is 45.2 Å². The van der Waals surface area contributed by atoms with Gasteiger partial charge in [0.1, 0.15) is 6.04 Å². The van der Waals surface area contributed by atoms with Gasteiger partial charge in [-0.3, -0.25) is 14.5 Å². The van der Waals surface area contributed by atoms with Crippen LogP contribution in [0.1, 0.15) is 26.3 Å². The van der Waals surface area contributed by atoms with Gasteiger partial charge in [0.2, 0.25) is 21.8 Å². The van der Waals surface area contributed by atoms with Crippen molar-refractivity contribution in [3.8, 4) is 0 Å². The van der Waals surface area contributed by atoms with Crippen molar-refractivity contribution in [1.29, 1.82) is 0 Å². The van der Waals surface area contributed by atoms with Crippen LogP contribution < -0.4 is 10.2 Å². The second kappa shape index (κ2) is 10.1. The van der Waals surface area contributed by atoms with Crippen molar-refractivity contribution in [3.05, 3.63) is 23.8 Å². The van der Waals surface area contributed by atoms with Crippen molar-refractivity contribution in [3.63, 3.8) is 0 Å². The van der Waals surface area contributed by atoms with Crippen LogP contribution in [0.3, 0.4) is 0 Å². The zero-order valence-electron chi connectivity index (χ0n) is 18.5. The van der Waals surface area contributed by atoms with Gasteiger partial charge in [-0.15, -0.1) is 0 Å². The van der Waals surface area contributed by atoms with Crippen LogP contribution in [-0.2, 0) is 30.8 Å². The van der Waals surface area contributed by atoms with E-state index in [2.05, 4.69) is 24.1 Å². The van der Waals surface area contributed by atoms with Crippen LogP contribution in [-0.4, -0.2) is 88.0 Å². The Kier molecular flexibility index (Phi) is 7.68. The Balaban J connectivity index is 1.77. The number of morpholine rings is 1. The predicted molar refractivity (Wildman–Crippen MR) is 117 cm³/mol. The molecule has 9 nitrogen and oxygen atoms in total. The van der Waals surface area contributed by atoms with E-state index in [1.54, 1.807) is 12.1 Å². The van der Waals surface area contributed by atoms with E-state index in [0.29, 0.717) is 50.5 Å². The summed E-state index contributed by atoms with van der Waals surface area (Å²) in [5.41, 5.74) is 1.28. The lowest BCUT2D eigenvalue weighted by atomic mass is 10.1. The molecule has 2 heterocycles. The van der Waals surface area contributed by atoms with Crippen molar-refractivity contribution in [1.82, 2.24) is 14.5 Å². The lowest BCUT2D eigenvalue weighted by Crippen LogP contribution is -2.48. The first-order chi connectivity index (χ1) is 14.8. The number of fused-ring (bicyclic) bond motifs is 1. The van der Waals surface area contributed by atoms with Crippen molar-refractivity contribution in [2.24, 2.45) is 0 Å². The van der Waals surface area contributed by atoms with E-state index in [1.165, 1.54) is 22.2 Å². The fraction of sp³-hybridized carbons (Fsp3) is 0.619. The molecule has 2 aliphatic rings. The zero-order chi connectivity index (χ0) is 22.6. The maximum absolute atomic E-state index is 13.0. The average molecular weight is 453 g/mol. The Morgan fingerprint density at radius 1 is 1.19 bits per heavy atom. The van der Waals surface area contributed by atoms with Gasteiger partial charge in [0.05, 0.1) is 18.1 Å². The van der Waals surface area contributed by atoms with Gasteiger partial charge in [-0.25, -0.2) is 8.42 Å². The Bertz CT molecular complexity index is 910. The molecule has 1 N–H and O–H groups in total. The molecule has 3 rings (SSSR count). The van der Waals surface area contributed by atoms with Crippen LogP contribution in [0.15, 0.2) is 23.1 Å². The molecule has 0 aliphatic carbocycles. The number of hydrogen-bond donors (Lipinski definition) is 1. The number of hydrogen-bond acceptors (Lipinski definition) is 6. The van der Waals surface area contributed by atoms with Gasteiger partial charge in [0.15, 0.2) is 0 Å². The molecule has 1 saturated heterocycles. The SMILES string of the molecule is CCN(CC)CCNC(=O)[C@@H]1Cc2cc(S(=O)(=O)N3CCOCC3)ccc2N1C(C)=O. The summed E-state index contributed by atoms with van der Waals surface area (Å²) in [6.07, 6.45) is 0.290. The lowest BCUT2D eigenvalue weighted by molar-refractivity contribution is -0.125. The predicted octanol–water partition coefficient (Wildman–Crippen LogP) is 0.443. The number of nitrogens with one attached hydrogen (secondary N) is 1. The molecule has 1 fully saturated rings. The average Bonchev–Trinajstić information content (AvgIpc) is 3.16. The third kappa shape index (κ3) is 5.08. The van der Waals surface area contributed by atoms with E-state index in [1.807, 2.05) is 0 Å². The van der Waals surface area contributed by atoms with Gasteiger partial charge in [-0.05, 0) is 36.9 Å². The number of likely N-dealkylation sites (N-methyl/N-ethyl adjacent to an activating group) is 1. The van der Waals surface area contributed by atoms with Gasteiger partial charge in [-0.1, -0.05) is 13.8 Å². The number of rotatable bonds is 8. The topological polar surface area (TPSA) is 99.3 Å². The monoisotopic (exact) mass is 452 g/mol. The number of benzene rings is 1. The Labute approximate surface area is 184 Å². The first-order valence-electron chi connectivity index (χ1n) is 10.8. The van der Waals surface area contributed by atoms with Gasteiger partial charge in [0.25, 0.3) is 0 Å². The number of carbonyl (C=O) groups excluding carboxylic acids is 2. The van der Waals surface area contributed by atoms with Crippen molar-refractivity contribution in [2.45, 2.75) is 38.1 Å². The molecule has 0 spiro atoms. The summed E-state index contributed by atoms with van der Waals surface area (Å²) < 4.78 is 32.6. The van der Waals surface area contributed by atoms with E-state index in [9.17, 15) is 18.0 Å². The van der Waals surface area contributed by atoms with E-state index < -0.39 is 16.1 Å². The fourth-order valence-electron chi connectivity index (χ4n) is 4.12. The minimum absolute atomic E-state index is 0.180. The summed E-state index contributed by atoms with van der Waals surface area (Å²) in [4.78, 5) is 29.0. The highest BCUT2D eigenvalue weighted by Gasteiger charge is 2.38. The largest absolute Gasteiger partial charge is 0.379 e. The van der Waals surface area contributed by atoms with Crippen molar-refractivity contribution < 1.29 is 22.7 Å². The number of carbonyl (C=O) groups is 2. The smallest absolute Gasteiger partial charge is 0.243 e. The number of sulfonamides is 1. The highest BCUT2D eigenvalue weighted by Crippen LogP contribution is 2.35. The maximum atomic E-state index is 13.0. The quantitative estimate of drug-likeness (QED) is 0.615. The molecular weight excluding hydrogens is 420 g/mol. The van der Waals surface area contributed by atoms with E-state index in [0.717, 1.165) is 19.6 Å². The Hall–Kier alpha value is -2.01. The van der Waals surface area contributed by atoms with Crippen LogP contribution in [0.4, 0.5) is 5.69 Å². The van der Waals surface area contributed by atoms with Crippen LogP contribution >= 0.6 is 0 Å². The van der Waals surface area contributed by atoms with Crippen LogP contribution in [0.25, 0.3) is 0 Å². The summed E-state index contributed by atoms with van der Waals surface area (Å²) in [6, 6.07) is 4.07. The van der Waals surface area contributed by atoms with Gasteiger partial charge in [-0.2, -0.15) is 4.31 Å². The number of ether oxygens (including phenoxy) is 1. The van der Waals surface area contributed by atoms with Crippen LogP contribution in [0.5, 0.6) is 0 Å². The molecule has 0 radical (unpaired) electrons. The summed E-state index contributed by atoms with van der Waals surface area (Å²) in [6.45, 7) is 9.98. The van der Waals surface area contributed by atoms with E-state index in [4.69, 9.17) is 4.74 Å². The highest BCUT2D eigenvalue weighted by atomic mass is 32.2. The van der Waals surface area contributed by atoms with Crippen molar-refractivity contribution in [2.75, 3.05) is 57.4 Å². The lowest BCUT2D eigenvalue weighted by Gasteiger charge is -2.26. The Morgan fingerprint density at radius 3 is 2.48 bits per heavy atom. The summed E-state index contributed by atoms with van der Waals surface area (Å²) in [5, 5.41) is 2.93. The normalized spacial score (nSPS) is 19.5. The fourth-order valence-corrected chi connectivity index (χ4v) is 5.58. The van der Waals surface area contributed by atoms with Crippen molar-refractivity contribution >= 4 is 27.5 Å². The van der Waals surface area contributed by atoms with E-state index >= 15 is 0 Å². The van der Waals surface area contributed by atoms with Crippen LogP contribution in [0.2, 0.25) is 0 Å². The zero-order valence-corrected chi connectivity index (χ0v) is 19.3.